The number of ether oxygens (including phenoxy) is 4. The summed E-state index contributed by atoms with van der Waals surface area (Å²) in [6.45, 7) is 2.90. The van der Waals surface area contributed by atoms with Crippen molar-refractivity contribution in [2.75, 3.05) is 27.9 Å². The smallest absolute Gasteiger partial charge is 0.224 e. The fourth-order valence-electron chi connectivity index (χ4n) is 2.54. The van der Waals surface area contributed by atoms with Crippen molar-refractivity contribution in [3.05, 3.63) is 47.5 Å². The molecule has 2 aromatic rings. The molecule has 2 rings (SSSR count). The first-order valence-corrected chi connectivity index (χ1v) is 8.38. The zero-order valence-corrected chi connectivity index (χ0v) is 15.6. The van der Waals surface area contributed by atoms with E-state index in [-0.39, 0.29) is 12.3 Å². The second kappa shape index (κ2) is 9.56. The molecule has 0 bridgehead atoms. The van der Waals surface area contributed by atoms with Crippen LogP contribution in [0.15, 0.2) is 36.4 Å². The molecule has 140 valence electrons. The minimum absolute atomic E-state index is 0.0786. The Balaban J connectivity index is 1.96. The van der Waals surface area contributed by atoms with Crippen LogP contribution in [-0.2, 0) is 17.8 Å². The highest BCUT2D eigenvalue weighted by atomic mass is 16.5. The first-order valence-electron chi connectivity index (χ1n) is 8.38. The number of rotatable bonds is 9. The second-order valence-electron chi connectivity index (χ2n) is 5.56. The van der Waals surface area contributed by atoms with Gasteiger partial charge in [0.15, 0.2) is 23.0 Å². The van der Waals surface area contributed by atoms with Gasteiger partial charge in [-0.05, 0) is 42.3 Å². The molecular weight excluding hydrogens is 334 g/mol. The molecular formula is C20H25NO5. The van der Waals surface area contributed by atoms with Crippen LogP contribution >= 0.6 is 0 Å². The zero-order valence-electron chi connectivity index (χ0n) is 15.6. The van der Waals surface area contributed by atoms with Gasteiger partial charge < -0.3 is 24.3 Å². The summed E-state index contributed by atoms with van der Waals surface area (Å²) < 4.78 is 21.3. The Labute approximate surface area is 154 Å². The van der Waals surface area contributed by atoms with E-state index in [9.17, 15) is 4.79 Å². The average molecular weight is 359 g/mol. The van der Waals surface area contributed by atoms with Crippen LogP contribution in [0.4, 0.5) is 0 Å². The van der Waals surface area contributed by atoms with Crippen molar-refractivity contribution in [1.82, 2.24) is 5.32 Å². The summed E-state index contributed by atoms with van der Waals surface area (Å²) in [5, 5.41) is 2.91. The van der Waals surface area contributed by atoms with Crippen LogP contribution in [0.1, 0.15) is 18.1 Å². The molecule has 6 nitrogen and oxygen atoms in total. The van der Waals surface area contributed by atoms with Crippen molar-refractivity contribution in [3.8, 4) is 23.0 Å². The van der Waals surface area contributed by atoms with E-state index in [1.54, 1.807) is 33.5 Å². The van der Waals surface area contributed by atoms with E-state index in [0.717, 1.165) is 11.1 Å². The van der Waals surface area contributed by atoms with E-state index in [1.165, 1.54) is 0 Å². The largest absolute Gasteiger partial charge is 0.493 e. The number of hydrogen-bond donors (Lipinski definition) is 1. The minimum Gasteiger partial charge on any atom is -0.493 e. The Bertz CT molecular complexity index is 745. The molecule has 26 heavy (non-hydrogen) atoms. The van der Waals surface area contributed by atoms with Crippen LogP contribution < -0.4 is 24.3 Å². The van der Waals surface area contributed by atoms with E-state index in [0.29, 0.717) is 36.1 Å². The van der Waals surface area contributed by atoms with Crippen LogP contribution in [0.25, 0.3) is 0 Å². The summed E-state index contributed by atoms with van der Waals surface area (Å²) in [5.74, 6) is 2.51. The highest BCUT2D eigenvalue weighted by Gasteiger charge is 2.10. The van der Waals surface area contributed by atoms with Crippen molar-refractivity contribution in [3.63, 3.8) is 0 Å². The molecule has 0 heterocycles. The van der Waals surface area contributed by atoms with Gasteiger partial charge >= 0.3 is 0 Å². The predicted octanol–water partition coefficient (Wildman–Crippen LogP) is 2.97. The number of methoxy groups -OCH3 is 3. The molecule has 0 spiro atoms. The van der Waals surface area contributed by atoms with Crippen LogP contribution in [0.3, 0.4) is 0 Å². The number of amides is 1. The second-order valence-corrected chi connectivity index (χ2v) is 5.56. The summed E-state index contributed by atoms with van der Waals surface area (Å²) in [6, 6.07) is 11.1. The molecule has 0 atom stereocenters. The van der Waals surface area contributed by atoms with Gasteiger partial charge in [-0.25, -0.2) is 0 Å². The summed E-state index contributed by atoms with van der Waals surface area (Å²) in [5.41, 5.74) is 1.79. The molecule has 1 N–H and O–H groups in total. The normalized spacial score (nSPS) is 10.2. The van der Waals surface area contributed by atoms with Crippen molar-refractivity contribution in [2.24, 2.45) is 0 Å². The van der Waals surface area contributed by atoms with Gasteiger partial charge in [0.05, 0.1) is 34.4 Å². The molecule has 0 aromatic heterocycles. The van der Waals surface area contributed by atoms with Crippen molar-refractivity contribution >= 4 is 5.91 Å². The maximum absolute atomic E-state index is 12.2. The Morgan fingerprint density at radius 3 is 2.08 bits per heavy atom. The molecule has 0 aliphatic rings. The van der Waals surface area contributed by atoms with Crippen LogP contribution in [0, 0.1) is 0 Å². The fraction of sp³-hybridized carbons (Fsp3) is 0.350. The van der Waals surface area contributed by atoms with Crippen LogP contribution in [0.2, 0.25) is 0 Å². The van der Waals surface area contributed by atoms with Gasteiger partial charge in [0.2, 0.25) is 5.91 Å². The Morgan fingerprint density at radius 2 is 1.42 bits per heavy atom. The summed E-state index contributed by atoms with van der Waals surface area (Å²) >= 11 is 0. The minimum atomic E-state index is -0.0786. The van der Waals surface area contributed by atoms with Gasteiger partial charge in [0.25, 0.3) is 0 Å². The highest BCUT2D eigenvalue weighted by Crippen LogP contribution is 2.29. The number of benzene rings is 2. The summed E-state index contributed by atoms with van der Waals surface area (Å²) in [7, 11) is 4.74. The third-order valence-electron chi connectivity index (χ3n) is 3.83. The van der Waals surface area contributed by atoms with Gasteiger partial charge in [0.1, 0.15) is 0 Å². The van der Waals surface area contributed by atoms with Crippen LogP contribution in [-0.4, -0.2) is 33.8 Å². The predicted molar refractivity (Wildman–Crippen MR) is 99.3 cm³/mol. The monoisotopic (exact) mass is 359 g/mol. The lowest BCUT2D eigenvalue weighted by molar-refractivity contribution is -0.120. The van der Waals surface area contributed by atoms with Crippen LogP contribution in [0.5, 0.6) is 23.0 Å². The Hall–Kier alpha value is -2.89. The van der Waals surface area contributed by atoms with E-state index >= 15 is 0 Å². The highest BCUT2D eigenvalue weighted by molar-refractivity contribution is 5.78. The van der Waals surface area contributed by atoms with Crippen molar-refractivity contribution in [2.45, 2.75) is 19.9 Å². The molecule has 0 unspecified atom stereocenters. The van der Waals surface area contributed by atoms with E-state index in [2.05, 4.69) is 5.32 Å². The maximum Gasteiger partial charge on any atom is 0.224 e. The first kappa shape index (κ1) is 19.4. The van der Waals surface area contributed by atoms with E-state index in [1.807, 2.05) is 31.2 Å². The quantitative estimate of drug-likeness (QED) is 0.746. The average Bonchev–Trinajstić information content (AvgIpc) is 2.67. The third-order valence-corrected chi connectivity index (χ3v) is 3.83. The molecule has 6 heteroatoms. The van der Waals surface area contributed by atoms with E-state index < -0.39 is 0 Å². The number of carbonyl (C=O) groups excluding carboxylic acids is 1. The molecule has 0 radical (unpaired) electrons. The van der Waals surface area contributed by atoms with Gasteiger partial charge in [-0.15, -0.1) is 0 Å². The van der Waals surface area contributed by atoms with Gasteiger partial charge in [0, 0.05) is 6.54 Å². The van der Waals surface area contributed by atoms with Gasteiger partial charge in [-0.2, -0.15) is 0 Å². The number of carbonyl (C=O) groups is 1. The molecule has 0 fully saturated rings. The number of hydrogen-bond acceptors (Lipinski definition) is 5. The Morgan fingerprint density at radius 1 is 0.846 bits per heavy atom. The number of nitrogens with one attached hydrogen (secondary N) is 1. The van der Waals surface area contributed by atoms with Gasteiger partial charge in [-0.3, -0.25) is 4.79 Å². The van der Waals surface area contributed by atoms with E-state index in [4.69, 9.17) is 18.9 Å². The topological polar surface area (TPSA) is 66.0 Å². The molecule has 2 aromatic carbocycles. The molecule has 0 saturated carbocycles. The lowest BCUT2D eigenvalue weighted by Gasteiger charge is -2.12. The zero-order chi connectivity index (χ0) is 18.9. The lowest BCUT2D eigenvalue weighted by atomic mass is 10.1. The molecule has 0 aliphatic carbocycles. The van der Waals surface area contributed by atoms with Crippen molar-refractivity contribution in [1.29, 1.82) is 0 Å². The standard InChI is InChI=1S/C20H25NO5/c1-5-26-17-9-7-15(11-19(17)25-4)13-21-20(22)12-14-6-8-16(23-2)18(10-14)24-3/h6-11H,5,12-13H2,1-4H3,(H,21,22). The fourth-order valence-corrected chi connectivity index (χ4v) is 2.54. The lowest BCUT2D eigenvalue weighted by Crippen LogP contribution is -2.24. The molecule has 0 aliphatic heterocycles. The maximum atomic E-state index is 12.2. The molecule has 1 amide bonds. The Kier molecular flexibility index (Phi) is 7.14. The van der Waals surface area contributed by atoms with Gasteiger partial charge in [-0.1, -0.05) is 12.1 Å². The third kappa shape index (κ3) is 5.05. The summed E-state index contributed by atoms with van der Waals surface area (Å²) in [6.07, 6.45) is 0.258. The van der Waals surface area contributed by atoms with Crippen molar-refractivity contribution < 1.29 is 23.7 Å². The summed E-state index contributed by atoms with van der Waals surface area (Å²) in [4.78, 5) is 12.2. The molecule has 0 saturated heterocycles. The first-order chi connectivity index (χ1) is 12.6. The SMILES string of the molecule is CCOc1ccc(CNC(=O)Cc2ccc(OC)c(OC)c2)cc1OC.